The maximum atomic E-state index is 12.3. The number of hydrogen-bond donors (Lipinski definition) is 1. The van der Waals surface area contributed by atoms with Crippen LogP contribution < -0.4 is 5.32 Å². The molecule has 0 saturated heterocycles. The lowest BCUT2D eigenvalue weighted by Gasteiger charge is -2.05. The van der Waals surface area contributed by atoms with Crippen molar-refractivity contribution in [2.45, 2.75) is 20.3 Å². The smallest absolute Gasteiger partial charge is 0.350 e. The summed E-state index contributed by atoms with van der Waals surface area (Å²) in [5.74, 6) is -0.920. The number of aromatic nitrogens is 1. The van der Waals surface area contributed by atoms with Crippen molar-refractivity contribution >= 4 is 28.9 Å². The van der Waals surface area contributed by atoms with Crippen molar-refractivity contribution in [2.24, 2.45) is 0 Å². The van der Waals surface area contributed by atoms with Gasteiger partial charge in [-0.3, -0.25) is 4.79 Å². The molecule has 3 rings (SSSR count). The van der Waals surface area contributed by atoms with Gasteiger partial charge in [0.25, 0.3) is 5.91 Å². The molecular formula is C21H20N2O3S. The zero-order chi connectivity index (χ0) is 19.2. The number of rotatable bonds is 6. The number of hydrogen-bond acceptors (Lipinski definition) is 5. The Morgan fingerprint density at radius 1 is 1.07 bits per heavy atom. The highest BCUT2D eigenvalue weighted by Crippen LogP contribution is 2.28. The second kappa shape index (κ2) is 8.60. The van der Waals surface area contributed by atoms with E-state index >= 15 is 0 Å². The standard InChI is InChI=1S/C21H20N2O3S/c1-3-15-9-11-16(12-10-15)20-22-14(2)19(27-20)21(25)26-13-18(24)23-17-7-5-4-6-8-17/h4-12H,3,13H2,1-2H3,(H,23,24). The molecule has 1 heterocycles. The van der Waals surface area contributed by atoms with Gasteiger partial charge in [0.2, 0.25) is 0 Å². The number of esters is 1. The molecule has 0 saturated carbocycles. The van der Waals surface area contributed by atoms with E-state index in [0.29, 0.717) is 16.3 Å². The van der Waals surface area contributed by atoms with Gasteiger partial charge in [-0.1, -0.05) is 49.4 Å². The van der Waals surface area contributed by atoms with Gasteiger partial charge in [0.15, 0.2) is 6.61 Å². The van der Waals surface area contributed by atoms with Crippen LogP contribution in [0.2, 0.25) is 0 Å². The third-order valence-corrected chi connectivity index (χ3v) is 5.17. The minimum atomic E-state index is -0.537. The largest absolute Gasteiger partial charge is 0.451 e. The molecule has 6 heteroatoms. The predicted octanol–water partition coefficient (Wildman–Crippen LogP) is 4.48. The highest BCUT2D eigenvalue weighted by molar-refractivity contribution is 7.17. The van der Waals surface area contributed by atoms with Gasteiger partial charge in [-0.15, -0.1) is 11.3 Å². The molecule has 1 amide bonds. The number of amides is 1. The summed E-state index contributed by atoms with van der Waals surface area (Å²) in [7, 11) is 0. The molecule has 0 spiro atoms. The zero-order valence-corrected chi connectivity index (χ0v) is 16.0. The molecule has 0 bridgehead atoms. The average molecular weight is 380 g/mol. The third kappa shape index (κ3) is 4.80. The lowest BCUT2D eigenvalue weighted by Crippen LogP contribution is -2.20. The highest BCUT2D eigenvalue weighted by Gasteiger charge is 2.18. The summed E-state index contributed by atoms with van der Waals surface area (Å²) in [4.78, 5) is 29.1. The molecule has 0 aliphatic rings. The molecule has 27 heavy (non-hydrogen) atoms. The maximum absolute atomic E-state index is 12.3. The second-order valence-electron chi connectivity index (χ2n) is 5.97. The van der Waals surface area contributed by atoms with Crippen LogP contribution >= 0.6 is 11.3 Å². The molecule has 2 aromatic carbocycles. The van der Waals surface area contributed by atoms with Crippen molar-refractivity contribution in [3.8, 4) is 10.6 Å². The fourth-order valence-electron chi connectivity index (χ4n) is 2.51. The minimum Gasteiger partial charge on any atom is -0.451 e. The van der Waals surface area contributed by atoms with Gasteiger partial charge in [-0.25, -0.2) is 9.78 Å². The van der Waals surface area contributed by atoms with E-state index in [1.54, 1.807) is 19.1 Å². The molecule has 0 unspecified atom stereocenters. The molecule has 3 aromatic rings. The van der Waals surface area contributed by atoms with Crippen molar-refractivity contribution in [1.29, 1.82) is 0 Å². The number of benzene rings is 2. The van der Waals surface area contributed by atoms with Gasteiger partial charge in [-0.2, -0.15) is 0 Å². The Morgan fingerprint density at radius 2 is 1.78 bits per heavy atom. The number of para-hydroxylation sites is 1. The lowest BCUT2D eigenvalue weighted by atomic mass is 10.1. The highest BCUT2D eigenvalue weighted by atomic mass is 32.1. The van der Waals surface area contributed by atoms with Crippen LogP contribution in [0.4, 0.5) is 5.69 Å². The van der Waals surface area contributed by atoms with E-state index in [1.165, 1.54) is 16.9 Å². The molecule has 0 fully saturated rings. The number of carbonyl (C=O) groups excluding carboxylic acids is 2. The molecule has 1 aromatic heterocycles. The van der Waals surface area contributed by atoms with Crippen molar-refractivity contribution in [3.63, 3.8) is 0 Å². The quantitative estimate of drug-likeness (QED) is 0.641. The fourth-order valence-corrected chi connectivity index (χ4v) is 3.47. The van der Waals surface area contributed by atoms with Gasteiger partial charge in [0.1, 0.15) is 9.88 Å². The lowest BCUT2D eigenvalue weighted by molar-refractivity contribution is -0.119. The van der Waals surface area contributed by atoms with Crippen LogP contribution in [0.15, 0.2) is 54.6 Å². The number of anilines is 1. The number of nitrogens with one attached hydrogen (secondary N) is 1. The number of nitrogens with zero attached hydrogens (tertiary/aromatic N) is 1. The van der Waals surface area contributed by atoms with Gasteiger partial charge < -0.3 is 10.1 Å². The van der Waals surface area contributed by atoms with Gasteiger partial charge in [0, 0.05) is 11.3 Å². The van der Waals surface area contributed by atoms with Crippen LogP contribution in [0.1, 0.15) is 27.9 Å². The molecule has 0 aliphatic heterocycles. The average Bonchev–Trinajstić information content (AvgIpc) is 3.09. The van der Waals surface area contributed by atoms with E-state index in [0.717, 1.165) is 17.0 Å². The predicted molar refractivity (Wildman–Crippen MR) is 107 cm³/mol. The number of ether oxygens (including phenoxy) is 1. The Kier molecular flexibility index (Phi) is 5.98. The van der Waals surface area contributed by atoms with Crippen LogP contribution in [-0.2, 0) is 16.0 Å². The van der Waals surface area contributed by atoms with Gasteiger partial charge in [0.05, 0.1) is 5.69 Å². The monoisotopic (exact) mass is 380 g/mol. The van der Waals surface area contributed by atoms with E-state index in [-0.39, 0.29) is 12.5 Å². The van der Waals surface area contributed by atoms with E-state index in [9.17, 15) is 9.59 Å². The molecule has 5 nitrogen and oxygen atoms in total. The number of thiazole rings is 1. The summed E-state index contributed by atoms with van der Waals surface area (Å²) in [6.45, 7) is 3.53. The summed E-state index contributed by atoms with van der Waals surface area (Å²) in [6.07, 6.45) is 0.972. The molecule has 138 valence electrons. The Hall–Kier alpha value is -2.99. The summed E-state index contributed by atoms with van der Waals surface area (Å²) in [5, 5.41) is 3.44. The van der Waals surface area contributed by atoms with Crippen molar-refractivity contribution in [3.05, 3.63) is 70.7 Å². The summed E-state index contributed by atoms with van der Waals surface area (Å²) >= 11 is 1.27. The van der Waals surface area contributed by atoms with Crippen LogP contribution in [0.25, 0.3) is 10.6 Å². The second-order valence-corrected chi connectivity index (χ2v) is 6.97. The third-order valence-electron chi connectivity index (χ3n) is 3.98. The summed E-state index contributed by atoms with van der Waals surface area (Å²) < 4.78 is 5.15. The number of carbonyl (C=O) groups is 2. The molecule has 1 N–H and O–H groups in total. The zero-order valence-electron chi connectivity index (χ0n) is 15.2. The van der Waals surface area contributed by atoms with E-state index in [1.807, 2.05) is 30.3 Å². The Labute approximate surface area is 162 Å². The first-order valence-corrected chi connectivity index (χ1v) is 9.47. The van der Waals surface area contributed by atoms with E-state index in [2.05, 4.69) is 29.4 Å². The first-order valence-electron chi connectivity index (χ1n) is 8.65. The summed E-state index contributed by atoms with van der Waals surface area (Å²) in [6, 6.07) is 17.1. The first-order chi connectivity index (χ1) is 13.1. The van der Waals surface area contributed by atoms with Crippen LogP contribution in [0.3, 0.4) is 0 Å². The molecule has 0 atom stereocenters. The number of aryl methyl sites for hydroxylation is 2. The van der Waals surface area contributed by atoms with E-state index in [4.69, 9.17) is 4.74 Å². The van der Waals surface area contributed by atoms with Crippen LogP contribution in [0.5, 0.6) is 0 Å². The first kappa shape index (κ1) is 18.8. The van der Waals surface area contributed by atoms with Gasteiger partial charge >= 0.3 is 5.97 Å². The van der Waals surface area contributed by atoms with Crippen molar-refractivity contribution in [1.82, 2.24) is 4.98 Å². The molecule has 0 aliphatic carbocycles. The Bertz CT molecular complexity index is 934. The van der Waals surface area contributed by atoms with Gasteiger partial charge in [-0.05, 0) is 31.0 Å². The normalized spacial score (nSPS) is 10.4. The topological polar surface area (TPSA) is 68.3 Å². The fraction of sp³-hybridized carbons (Fsp3) is 0.190. The minimum absolute atomic E-state index is 0.342. The van der Waals surface area contributed by atoms with Crippen molar-refractivity contribution in [2.75, 3.05) is 11.9 Å². The molecule has 0 radical (unpaired) electrons. The van der Waals surface area contributed by atoms with Crippen LogP contribution in [0, 0.1) is 6.92 Å². The Morgan fingerprint density at radius 3 is 2.44 bits per heavy atom. The maximum Gasteiger partial charge on any atom is 0.350 e. The SMILES string of the molecule is CCc1ccc(-c2nc(C)c(C(=O)OCC(=O)Nc3ccccc3)s2)cc1. The van der Waals surface area contributed by atoms with Crippen molar-refractivity contribution < 1.29 is 14.3 Å². The summed E-state index contributed by atoms with van der Waals surface area (Å²) in [5.41, 5.74) is 3.46. The van der Waals surface area contributed by atoms with E-state index < -0.39 is 5.97 Å². The molecular weight excluding hydrogens is 360 g/mol. The Balaban J connectivity index is 1.63. The van der Waals surface area contributed by atoms with Crippen LogP contribution in [-0.4, -0.2) is 23.5 Å².